The minimum Gasteiger partial charge on any atom is -0.392 e. The molecule has 0 aromatic heterocycles. The van der Waals surface area contributed by atoms with Gasteiger partial charge >= 0.3 is 5.97 Å². The van der Waals surface area contributed by atoms with E-state index in [0.717, 1.165) is 0 Å². The van der Waals surface area contributed by atoms with Crippen molar-refractivity contribution in [2.24, 2.45) is 0 Å². The number of esters is 1. The van der Waals surface area contributed by atoms with Crippen molar-refractivity contribution in [2.75, 3.05) is 19.8 Å². The van der Waals surface area contributed by atoms with Crippen LogP contribution in [0.5, 0.6) is 0 Å². The summed E-state index contributed by atoms with van der Waals surface area (Å²) in [7, 11) is 0. The SMILES string of the molecule is CCOC(C)=[O+]C/C=C\CO. The molecule has 0 aliphatic carbocycles. The Morgan fingerprint density at radius 3 is 2.82 bits per heavy atom. The summed E-state index contributed by atoms with van der Waals surface area (Å²) in [6.07, 6.45) is 3.36. The topological polar surface area (TPSA) is 40.8 Å². The molecular weight excluding hydrogens is 144 g/mol. The summed E-state index contributed by atoms with van der Waals surface area (Å²) in [5.41, 5.74) is 0. The molecule has 3 nitrogen and oxygen atoms in total. The van der Waals surface area contributed by atoms with E-state index in [1.807, 2.05) is 6.92 Å². The molecule has 0 fully saturated rings. The molecule has 0 aromatic carbocycles. The third kappa shape index (κ3) is 7.06. The number of ether oxygens (including phenoxy) is 1. The van der Waals surface area contributed by atoms with Gasteiger partial charge in [0.15, 0.2) is 6.61 Å². The highest BCUT2D eigenvalue weighted by atomic mass is 16.6. The highest BCUT2D eigenvalue weighted by Gasteiger charge is 2.00. The molecule has 11 heavy (non-hydrogen) atoms. The largest absolute Gasteiger partial charge is 0.481 e. The van der Waals surface area contributed by atoms with Crippen LogP contribution in [0, 0.1) is 0 Å². The molecule has 0 spiro atoms. The van der Waals surface area contributed by atoms with Crippen molar-refractivity contribution < 1.29 is 14.3 Å². The number of carbonyl (C=O) groups excluding carboxylic acids is 1. The van der Waals surface area contributed by atoms with Crippen LogP contribution in [0.15, 0.2) is 12.2 Å². The number of hydrogen-bond donors (Lipinski definition) is 1. The maximum atomic E-state index is 8.35. The van der Waals surface area contributed by atoms with Gasteiger partial charge < -0.3 is 14.3 Å². The number of aliphatic hydroxyl groups is 1. The zero-order valence-electron chi connectivity index (χ0n) is 7.04. The molecule has 0 aliphatic rings. The molecule has 0 amide bonds. The van der Waals surface area contributed by atoms with E-state index >= 15 is 0 Å². The lowest BCUT2D eigenvalue weighted by molar-refractivity contribution is -0.455. The van der Waals surface area contributed by atoms with Gasteiger partial charge in [0.25, 0.3) is 0 Å². The van der Waals surface area contributed by atoms with Crippen LogP contribution in [0.2, 0.25) is 0 Å². The van der Waals surface area contributed by atoms with Gasteiger partial charge in [-0.05, 0) is 13.0 Å². The number of aliphatic hydroxyl groups excluding tert-OH is 1. The highest BCUT2D eigenvalue weighted by molar-refractivity contribution is 5.66. The fourth-order valence-electron chi connectivity index (χ4n) is 0.553. The Labute approximate surface area is 67.0 Å². The van der Waals surface area contributed by atoms with Gasteiger partial charge in [-0.2, -0.15) is 0 Å². The molecule has 0 saturated heterocycles. The zero-order chi connectivity index (χ0) is 8.53. The summed E-state index contributed by atoms with van der Waals surface area (Å²) in [6.45, 7) is 4.78. The lowest BCUT2D eigenvalue weighted by Crippen LogP contribution is -2.02. The van der Waals surface area contributed by atoms with E-state index in [0.29, 0.717) is 19.2 Å². The van der Waals surface area contributed by atoms with Crippen molar-refractivity contribution in [2.45, 2.75) is 13.8 Å². The monoisotopic (exact) mass is 159 g/mol. The molecule has 0 heterocycles. The van der Waals surface area contributed by atoms with Crippen LogP contribution in [0.3, 0.4) is 0 Å². The van der Waals surface area contributed by atoms with Gasteiger partial charge in [-0.1, -0.05) is 6.08 Å². The highest BCUT2D eigenvalue weighted by Crippen LogP contribution is 1.77. The van der Waals surface area contributed by atoms with Crippen molar-refractivity contribution in [1.82, 2.24) is 0 Å². The molecule has 0 bridgehead atoms. The molecular formula is C8H15O3+. The maximum Gasteiger partial charge on any atom is 0.481 e. The average Bonchev–Trinajstić information content (AvgIpc) is 1.99. The maximum absolute atomic E-state index is 8.35. The third-order valence-corrected chi connectivity index (χ3v) is 1.00. The molecule has 0 aromatic rings. The van der Waals surface area contributed by atoms with E-state index in [-0.39, 0.29) is 6.61 Å². The Morgan fingerprint density at radius 1 is 1.55 bits per heavy atom. The van der Waals surface area contributed by atoms with Crippen LogP contribution in [0.1, 0.15) is 13.8 Å². The van der Waals surface area contributed by atoms with Gasteiger partial charge in [0, 0.05) is 0 Å². The van der Waals surface area contributed by atoms with E-state index in [1.54, 1.807) is 19.1 Å². The van der Waals surface area contributed by atoms with Gasteiger partial charge in [0.05, 0.1) is 13.5 Å². The molecule has 0 aliphatic heterocycles. The van der Waals surface area contributed by atoms with Crippen molar-refractivity contribution in [1.29, 1.82) is 0 Å². The van der Waals surface area contributed by atoms with Crippen LogP contribution in [-0.4, -0.2) is 30.9 Å². The first-order valence-electron chi connectivity index (χ1n) is 3.66. The standard InChI is InChI=1S/C8H15O3/c1-3-10-8(2)11-7-5-4-6-9/h4-5,9H,3,6-7H2,1-2H3/q+1/b5-4-. The molecule has 64 valence electrons. The fraction of sp³-hybridized carbons (Fsp3) is 0.625. The van der Waals surface area contributed by atoms with Crippen LogP contribution >= 0.6 is 0 Å². The normalized spacial score (nSPS) is 12.5. The molecule has 3 heteroatoms. The summed E-state index contributed by atoms with van der Waals surface area (Å²) in [6, 6.07) is 0. The summed E-state index contributed by atoms with van der Waals surface area (Å²) >= 11 is 0. The van der Waals surface area contributed by atoms with Crippen molar-refractivity contribution in [3.8, 4) is 0 Å². The van der Waals surface area contributed by atoms with Crippen LogP contribution < -0.4 is 0 Å². The Hall–Kier alpha value is -0.830. The first-order chi connectivity index (χ1) is 5.31. The van der Waals surface area contributed by atoms with E-state index < -0.39 is 0 Å². The Morgan fingerprint density at radius 2 is 2.27 bits per heavy atom. The number of hydrogen-bond acceptors (Lipinski definition) is 2. The molecule has 0 rings (SSSR count). The summed E-state index contributed by atoms with van der Waals surface area (Å²) in [5.74, 6) is 0.565. The van der Waals surface area contributed by atoms with E-state index in [2.05, 4.69) is 0 Å². The second-order valence-electron chi connectivity index (χ2n) is 1.89. The second kappa shape index (κ2) is 7.28. The van der Waals surface area contributed by atoms with Gasteiger partial charge in [0.2, 0.25) is 6.61 Å². The summed E-state index contributed by atoms with van der Waals surface area (Å²) in [5, 5.41) is 8.35. The first kappa shape index (κ1) is 10.2. The Bertz CT molecular complexity index is 138. The van der Waals surface area contributed by atoms with Crippen LogP contribution in [0.25, 0.3) is 0 Å². The second-order valence-corrected chi connectivity index (χ2v) is 1.89. The zero-order valence-corrected chi connectivity index (χ0v) is 7.04. The van der Waals surface area contributed by atoms with E-state index in [1.165, 1.54) is 0 Å². The van der Waals surface area contributed by atoms with E-state index in [9.17, 15) is 0 Å². The molecule has 1 N–H and O–H groups in total. The van der Waals surface area contributed by atoms with E-state index in [4.69, 9.17) is 14.3 Å². The smallest absolute Gasteiger partial charge is 0.392 e. The van der Waals surface area contributed by atoms with Crippen molar-refractivity contribution in [3.05, 3.63) is 12.2 Å². The molecule has 0 atom stereocenters. The lowest BCUT2D eigenvalue weighted by atomic mass is 10.5. The van der Waals surface area contributed by atoms with Gasteiger partial charge in [0.1, 0.15) is 0 Å². The van der Waals surface area contributed by atoms with Gasteiger partial charge in [-0.15, -0.1) is 0 Å². The predicted molar refractivity (Wildman–Crippen MR) is 43.4 cm³/mol. The summed E-state index contributed by atoms with van der Waals surface area (Å²) < 4.78 is 10.1. The molecule has 0 saturated carbocycles. The van der Waals surface area contributed by atoms with Gasteiger partial charge in [-0.3, -0.25) is 0 Å². The van der Waals surface area contributed by atoms with Crippen LogP contribution in [0.4, 0.5) is 0 Å². The number of rotatable bonds is 4. The van der Waals surface area contributed by atoms with Crippen LogP contribution in [-0.2, 0) is 9.16 Å². The Kier molecular flexibility index (Phi) is 6.73. The summed E-state index contributed by atoms with van der Waals surface area (Å²) in [4.78, 5) is 0. The lowest BCUT2D eigenvalue weighted by Gasteiger charge is -1.85. The van der Waals surface area contributed by atoms with Crippen molar-refractivity contribution >= 4 is 5.97 Å². The Balaban J connectivity index is 3.47. The molecule has 0 radical (unpaired) electrons. The predicted octanol–water partition coefficient (Wildman–Crippen LogP) is 0.654. The minimum absolute atomic E-state index is 0.0526. The quantitative estimate of drug-likeness (QED) is 0.372. The first-order valence-corrected chi connectivity index (χ1v) is 3.66. The average molecular weight is 159 g/mol. The third-order valence-electron chi connectivity index (χ3n) is 1.00. The minimum atomic E-state index is 0.0526. The van der Waals surface area contributed by atoms with Crippen molar-refractivity contribution in [3.63, 3.8) is 0 Å². The molecule has 0 unspecified atom stereocenters. The fourth-order valence-corrected chi connectivity index (χ4v) is 0.553. The van der Waals surface area contributed by atoms with Gasteiger partial charge in [-0.25, -0.2) is 0 Å².